The number of carbonyl (C=O) groups excluding carboxylic acids is 4. The molecule has 0 bridgehead atoms. The standard InChI is InChI=1S/C24H28O10/c1-21-11-23(3)17(21)13(9-15(25)33-23)29-5-6-30-14-10-16(26)34-24(4)12-22(2,18(14)24)20(28)32-8-7-31-19(21)27/h9-10,17-18H,5-8,11-12H2,1-4H3. The SMILES string of the molecule is CC12CC3(C)C(=O)OCCOC(=O)C4(C)CC5(C)OC(=O)C=C(OCCOC(=CC(=O)O1)C23)C54. The second kappa shape index (κ2) is 7.23. The van der Waals surface area contributed by atoms with E-state index < -0.39 is 57.7 Å². The minimum atomic E-state index is -0.967. The lowest BCUT2D eigenvalue weighted by Gasteiger charge is -2.59. The van der Waals surface area contributed by atoms with E-state index in [1.807, 2.05) is 0 Å². The molecule has 2 aliphatic carbocycles. The van der Waals surface area contributed by atoms with Gasteiger partial charge >= 0.3 is 23.9 Å². The highest BCUT2D eigenvalue weighted by atomic mass is 16.6. The Kier molecular flexibility index (Phi) is 4.83. The Morgan fingerprint density at radius 1 is 0.618 bits per heavy atom. The van der Waals surface area contributed by atoms with Gasteiger partial charge in [0, 0.05) is 12.8 Å². The fraction of sp³-hybridized carbons (Fsp3) is 0.667. The summed E-state index contributed by atoms with van der Waals surface area (Å²) in [6.45, 7) is 6.86. The first-order chi connectivity index (χ1) is 15.9. The van der Waals surface area contributed by atoms with Gasteiger partial charge in [-0.1, -0.05) is 0 Å². The van der Waals surface area contributed by atoms with Crippen molar-refractivity contribution in [2.75, 3.05) is 26.4 Å². The smallest absolute Gasteiger partial charge is 0.334 e. The minimum Gasteiger partial charge on any atom is -0.494 e. The van der Waals surface area contributed by atoms with E-state index in [-0.39, 0.29) is 39.3 Å². The maximum atomic E-state index is 13.0. The molecule has 0 aromatic heterocycles. The molecule has 6 unspecified atom stereocenters. The number of cyclic esters (lactones) is 2. The molecule has 0 radical (unpaired) electrons. The third-order valence-corrected chi connectivity index (χ3v) is 7.79. The number of hydrogen-bond acceptors (Lipinski definition) is 10. The molecule has 5 aliphatic rings. The highest BCUT2D eigenvalue weighted by Gasteiger charge is 2.70. The molecule has 3 heterocycles. The lowest BCUT2D eigenvalue weighted by Crippen LogP contribution is -2.66. The van der Waals surface area contributed by atoms with Crippen LogP contribution in [0.2, 0.25) is 0 Å². The van der Waals surface area contributed by atoms with Crippen LogP contribution in [0.25, 0.3) is 0 Å². The first kappa shape index (κ1) is 22.7. The summed E-state index contributed by atoms with van der Waals surface area (Å²) in [5.74, 6) is -2.41. The fourth-order valence-electron chi connectivity index (χ4n) is 6.84. The molecule has 10 heteroatoms. The zero-order chi connectivity index (χ0) is 24.5. The summed E-state index contributed by atoms with van der Waals surface area (Å²) in [5.41, 5.74) is -3.71. The fourth-order valence-corrected chi connectivity index (χ4v) is 6.84. The van der Waals surface area contributed by atoms with Gasteiger partial charge < -0.3 is 28.4 Å². The van der Waals surface area contributed by atoms with Gasteiger partial charge in [-0.3, -0.25) is 9.59 Å². The van der Waals surface area contributed by atoms with E-state index in [9.17, 15) is 19.2 Å². The Bertz CT molecular complexity index is 962. The third kappa shape index (κ3) is 3.14. The van der Waals surface area contributed by atoms with Crippen LogP contribution in [0.4, 0.5) is 0 Å². The molecule has 1 saturated heterocycles. The number of hydrogen-bond donors (Lipinski definition) is 0. The van der Waals surface area contributed by atoms with Gasteiger partial charge in [-0.2, -0.15) is 0 Å². The van der Waals surface area contributed by atoms with Crippen LogP contribution in [0.3, 0.4) is 0 Å². The molecular weight excluding hydrogens is 448 g/mol. The molecule has 0 aromatic rings. The van der Waals surface area contributed by atoms with Gasteiger partial charge in [0.2, 0.25) is 0 Å². The molecule has 0 N–H and O–H groups in total. The van der Waals surface area contributed by atoms with Crippen molar-refractivity contribution in [3.63, 3.8) is 0 Å². The van der Waals surface area contributed by atoms with E-state index in [1.165, 1.54) is 12.2 Å². The van der Waals surface area contributed by atoms with Crippen LogP contribution < -0.4 is 0 Å². The number of esters is 4. The average molecular weight is 476 g/mol. The molecule has 2 saturated carbocycles. The summed E-state index contributed by atoms with van der Waals surface area (Å²) >= 11 is 0. The highest BCUT2D eigenvalue weighted by Crippen LogP contribution is 2.62. The molecule has 3 aliphatic heterocycles. The van der Waals surface area contributed by atoms with Gasteiger partial charge in [-0.05, 0) is 27.7 Å². The van der Waals surface area contributed by atoms with Crippen molar-refractivity contribution >= 4 is 23.9 Å². The van der Waals surface area contributed by atoms with Crippen molar-refractivity contribution in [1.82, 2.24) is 0 Å². The van der Waals surface area contributed by atoms with Crippen LogP contribution in [0.5, 0.6) is 0 Å². The molecule has 5 rings (SSSR count). The van der Waals surface area contributed by atoms with Crippen LogP contribution >= 0.6 is 0 Å². The molecule has 10 nitrogen and oxygen atoms in total. The van der Waals surface area contributed by atoms with E-state index >= 15 is 0 Å². The summed E-state index contributed by atoms with van der Waals surface area (Å²) in [4.78, 5) is 50.2. The van der Waals surface area contributed by atoms with E-state index in [4.69, 9.17) is 28.4 Å². The van der Waals surface area contributed by atoms with Gasteiger partial charge in [0.05, 0.1) is 34.8 Å². The lowest BCUT2D eigenvalue weighted by atomic mass is 9.51. The van der Waals surface area contributed by atoms with E-state index in [0.717, 1.165) is 0 Å². The van der Waals surface area contributed by atoms with Gasteiger partial charge in [-0.25, -0.2) is 9.59 Å². The Morgan fingerprint density at radius 2 is 0.971 bits per heavy atom. The average Bonchev–Trinajstić information content (AvgIpc) is 2.70. The summed E-state index contributed by atoms with van der Waals surface area (Å²) in [7, 11) is 0. The quantitative estimate of drug-likeness (QED) is 0.376. The molecule has 3 fully saturated rings. The normalized spacial score (nSPS) is 43.9. The van der Waals surface area contributed by atoms with E-state index in [2.05, 4.69) is 0 Å². The van der Waals surface area contributed by atoms with Crippen molar-refractivity contribution in [3.05, 3.63) is 23.7 Å². The summed E-state index contributed by atoms with van der Waals surface area (Å²) < 4.78 is 33.7. The lowest BCUT2D eigenvalue weighted by molar-refractivity contribution is -0.231. The first-order valence-electron chi connectivity index (χ1n) is 11.4. The van der Waals surface area contributed by atoms with Gasteiger partial charge in [0.1, 0.15) is 49.1 Å². The van der Waals surface area contributed by atoms with Gasteiger partial charge in [0.25, 0.3) is 0 Å². The number of carbonyl (C=O) groups is 4. The first-order valence-corrected chi connectivity index (χ1v) is 11.4. The van der Waals surface area contributed by atoms with Crippen molar-refractivity contribution in [1.29, 1.82) is 0 Å². The van der Waals surface area contributed by atoms with Crippen LogP contribution in [0.15, 0.2) is 23.7 Å². The van der Waals surface area contributed by atoms with Crippen LogP contribution in [0, 0.1) is 22.7 Å². The minimum absolute atomic E-state index is 0.0494. The Labute approximate surface area is 196 Å². The second-order valence-corrected chi connectivity index (χ2v) is 10.6. The number of ether oxygens (including phenoxy) is 6. The molecule has 0 aromatic carbocycles. The van der Waals surface area contributed by atoms with Crippen molar-refractivity contribution in [2.45, 2.75) is 51.7 Å². The topological polar surface area (TPSA) is 124 Å². The number of rotatable bonds is 0. The van der Waals surface area contributed by atoms with Crippen molar-refractivity contribution in [2.24, 2.45) is 22.7 Å². The molecule has 34 heavy (non-hydrogen) atoms. The zero-order valence-electron chi connectivity index (χ0n) is 19.6. The molecular formula is C24H28O10. The van der Waals surface area contributed by atoms with E-state index in [1.54, 1.807) is 27.7 Å². The molecule has 0 amide bonds. The largest absolute Gasteiger partial charge is 0.494 e. The maximum Gasteiger partial charge on any atom is 0.334 e. The molecule has 184 valence electrons. The zero-order valence-corrected chi connectivity index (χ0v) is 19.6. The Balaban J connectivity index is 1.42. The third-order valence-electron chi connectivity index (χ3n) is 7.79. The summed E-state index contributed by atoms with van der Waals surface area (Å²) in [6.07, 6.45) is 3.05. The molecule has 0 spiro atoms. The van der Waals surface area contributed by atoms with Gasteiger partial charge in [-0.15, -0.1) is 0 Å². The Hall–Kier alpha value is -3.04. The second-order valence-electron chi connectivity index (χ2n) is 10.6. The van der Waals surface area contributed by atoms with Crippen molar-refractivity contribution < 1.29 is 47.6 Å². The summed E-state index contributed by atoms with van der Waals surface area (Å²) in [5, 5.41) is 0. The predicted molar refractivity (Wildman–Crippen MR) is 111 cm³/mol. The highest BCUT2D eigenvalue weighted by molar-refractivity contribution is 5.88. The van der Waals surface area contributed by atoms with Crippen LogP contribution in [-0.2, 0) is 47.6 Å². The van der Waals surface area contributed by atoms with Gasteiger partial charge in [0.15, 0.2) is 0 Å². The monoisotopic (exact) mass is 476 g/mol. The molecule has 6 atom stereocenters. The predicted octanol–water partition coefficient (Wildman–Crippen LogP) is 1.57. The Morgan fingerprint density at radius 3 is 1.35 bits per heavy atom. The van der Waals surface area contributed by atoms with Crippen LogP contribution in [-0.4, -0.2) is 61.5 Å². The maximum absolute atomic E-state index is 13.0. The summed E-state index contributed by atoms with van der Waals surface area (Å²) in [6, 6.07) is 0. The van der Waals surface area contributed by atoms with Crippen molar-refractivity contribution in [3.8, 4) is 0 Å². The van der Waals surface area contributed by atoms with Crippen LogP contribution in [0.1, 0.15) is 40.5 Å². The van der Waals surface area contributed by atoms with E-state index in [0.29, 0.717) is 11.5 Å².